The molecule has 1 aliphatic heterocycles. The molecule has 1 aliphatic rings. The summed E-state index contributed by atoms with van der Waals surface area (Å²) in [6.07, 6.45) is 14.7. The number of phenols is 2. The number of carbonyl (C=O) groups excluding carboxylic acids is 6. The van der Waals surface area contributed by atoms with Crippen LogP contribution in [0.1, 0.15) is 161 Å². The fraction of sp³-hybridized carbons (Fsp3) is 0.620. The summed E-state index contributed by atoms with van der Waals surface area (Å²) < 4.78 is 0. The Kier molecular flexibility index (Phi) is 24.0. The van der Waals surface area contributed by atoms with E-state index in [0.717, 1.165) is 24.2 Å². The highest BCUT2D eigenvalue weighted by Crippen LogP contribution is 2.39. The van der Waals surface area contributed by atoms with Crippen molar-refractivity contribution in [1.29, 1.82) is 0 Å². The number of rotatable bonds is 25. The van der Waals surface area contributed by atoms with Gasteiger partial charge in [-0.2, -0.15) is 0 Å². The molecule has 0 aliphatic carbocycles. The number of aromatic hydroxyl groups is 2. The first-order valence-corrected chi connectivity index (χ1v) is 22.9. The van der Waals surface area contributed by atoms with E-state index in [4.69, 9.17) is 0 Å². The Bertz CT molecular complexity index is 1880. The van der Waals surface area contributed by atoms with Crippen LogP contribution in [0.3, 0.4) is 0 Å². The molecule has 1 heterocycles. The lowest BCUT2D eigenvalue weighted by Gasteiger charge is -2.31. The van der Waals surface area contributed by atoms with Gasteiger partial charge in [0.25, 0.3) is 0 Å². The number of carbonyl (C=O) groups is 7. The number of carboxylic acids is 1. The number of Topliss-reactive ketones (excluding diaryl/α,β-unsaturated/α-hetero) is 3. The zero-order valence-electron chi connectivity index (χ0n) is 38.0. The van der Waals surface area contributed by atoms with Crippen molar-refractivity contribution in [2.75, 3.05) is 13.7 Å². The molecule has 0 saturated heterocycles. The summed E-state index contributed by atoms with van der Waals surface area (Å²) in [6.45, 7) is 6.07. The molecule has 0 radical (unpaired) electrons. The van der Waals surface area contributed by atoms with Crippen molar-refractivity contribution in [2.45, 2.75) is 169 Å². The summed E-state index contributed by atoms with van der Waals surface area (Å²) in [5.41, 5.74) is 0.932. The maximum atomic E-state index is 14.1. The number of aliphatic hydroxyl groups excluding tert-OH is 1. The van der Waals surface area contributed by atoms with Gasteiger partial charge in [0, 0.05) is 62.1 Å². The molecule has 2 aromatic rings. The number of ketones is 3. The van der Waals surface area contributed by atoms with Gasteiger partial charge in [-0.3, -0.25) is 28.8 Å². The summed E-state index contributed by atoms with van der Waals surface area (Å²) in [4.78, 5) is 93.8. The number of nitrogens with zero attached hydrogens (tertiary/aromatic N) is 1. The largest absolute Gasteiger partial charge is 0.507 e. The lowest BCUT2D eigenvalue weighted by atomic mass is 9.89. The van der Waals surface area contributed by atoms with E-state index in [1.54, 1.807) is 0 Å². The molecule has 0 fully saturated rings. The van der Waals surface area contributed by atoms with E-state index in [0.29, 0.717) is 18.4 Å². The number of unbranched alkanes of at least 4 members (excludes halogenated alkanes) is 12. The highest BCUT2D eigenvalue weighted by atomic mass is 16.4. The average molecular weight is 894 g/mol. The highest BCUT2D eigenvalue weighted by molar-refractivity contribution is 5.97. The molecular weight excluding hydrogens is 819 g/mol. The van der Waals surface area contributed by atoms with Gasteiger partial charge in [-0.15, -0.1) is 0 Å². The van der Waals surface area contributed by atoms with Crippen molar-refractivity contribution in [1.82, 2.24) is 15.5 Å². The first-order valence-electron chi connectivity index (χ1n) is 22.9. The van der Waals surface area contributed by atoms with Crippen molar-refractivity contribution >= 4 is 41.0 Å². The quantitative estimate of drug-likeness (QED) is 0.0528. The van der Waals surface area contributed by atoms with Gasteiger partial charge in [-0.05, 0) is 48.7 Å². The van der Waals surface area contributed by atoms with Gasteiger partial charge in [-0.1, -0.05) is 117 Å². The average Bonchev–Trinajstić information content (AvgIpc) is 3.24. The number of amides is 3. The maximum absolute atomic E-state index is 14.1. The standard InChI is InChI=1S/C49H71N3O11.CH4/c1-6-7-8-9-10-11-12-13-14-15-16-17-18-19-37(54)28-36(30-53)47(60)50-33(4)43(57)25-32(3)48(61)52(5)45-35-21-23-42(56)39(29-35)38-26-34(20-22-41(38)55)27-40(49(62)63)51-46(59)31(2)24-44(45)58;/h20-23,26,29,31-33,36,40,45,53,55-56H,6-19,24-25,27-28,30H2,1-5H3,(H,50,60)(H,51,59)(H,62,63);1H4/t31-,32-,33-,36-,40+,45+;/m1./s1. The van der Waals surface area contributed by atoms with Gasteiger partial charge in [0.15, 0.2) is 11.6 Å². The Morgan fingerprint density at radius 1 is 0.797 bits per heavy atom. The van der Waals surface area contributed by atoms with Gasteiger partial charge >= 0.3 is 5.97 Å². The molecular formula is C50H75N3O11. The molecule has 3 rings (SSSR count). The van der Waals surface area contributed by atoms with Crippen LogP contribution < -0.4 is 10.6 Å². The molecule has 4 bridgehead atoms. The molecule has 6 atom stereocenters. The first kappa shape index (κ1) is 55.0. The number of likely N-dealkylation sites (N-methyl/N-ethyl adjacent to an activating group) is 1. The monoisotopic (exact) mass is 894 g/mol. The van der Waals surface area contributed by atoms with E-state index in [9.17, 15) is 54.0 Å². The van der Waals surface area contributed by atoms with Crippen LogP contribution in [-0.4, -0.2) is 92.1 Å². The lowest BCUT2D eigenvalue weighted by Crippen LogP contribution is -2.46. The van der Waals surface area contributed by atoms with E-state index < -0.39 is 84.2 Å². The van der Waals surface area contributed by atoms with Gasteiger partial charge in [0.05, 0.1) is 18.6 Å². The number of fused-ring (bicyclic) bond motifs is 5. The van der Waals surface area contributed by atoms with Crippen LogP contribution in [0.5, 0.6) is 11.5 Å². The van der Waals surface area contributed by atoms with Crippen LogP contribution in [0.25, 0.3) is 11.1 Å². The Hall–Kier alpha value is -5.11. The number of carboxylic acid groups (broad SMARTS) is 1. The Morgan fingerprint density at radius 3 is 1.91 bits per heavy atom. The molecule has 356 valence electrons. The number of phenolic OH excluding ortho intramolecular Hbond substituents is 2. The second kappa shape index (κ2) is 27.9. The van der Waals surface area contributed by atoms with Gasteiger partial charge in [0.2, 0.25) is 17.7 Å². The second-order valence-electron chi connectivity index (χ2n) is 17.6. The minimum Gasteiger partial charge on any atom is -0.507 e. The van der Waals surface area contributed by atoms with Gasteiger partial charge in [-0.25, -0.2) is 4.79 Å². The third kappa shape index (κ3) is 17.1. The minimum absolute atomic E-state index is 0. The van der Waals surface area contributed by atoms with Crippen LogP contribution in [0.2, 0.25) is 0 Å². The van der Waals surface area contributed by atoms with E-state index >= 15 is 0 Å². The van der Waals surface area contributed by atoms with E-state index in [2.05, 4.69) is 17.6 Å². The molecule has 3 amide bonds. The predicted molar refractivity (Wildman–Crippen MR) is 246 cm³/mol. The summed E-state index contributed by atoms with van der Waals surface area (Å²) in [6, 6.07) is 4.75. The Balaban J connectivity index is 0.0000141. The van der Waals surface area contributed by atoms with E-state index in [1.165, 1.54) is 122 Å². The van der Waals surface area contributed by atoms with Crippen LogP contribution in [0.4, 0.5) is 0 Å². The van der Waals surface area contributed by atoms with Crippen LogP contribution in [0, 0.1) is 17.8 Å². The third-order valence-electron chi connectivity index (χ3n) is 12.1. The Labute approximate surface area is 380 Å². The molecule has 64 heavy (non-hydrogen) atoms. The molecule has 0 saturated carbocycles. The fourth-order valence-corrected chi connectivity index (χ4v) is 8.16. The molecule has 14 heteroatoms. The van der Waals surface area contributed by atoms with Crippen LogP contribution in [-0.2, 0) is 40.0 Å². The number of nitrogens with one attached hydrogen (secondary N) is 2. The maximum Gasteiger partial charge on any atom is 0.326 e. The number of hydrogen-bond acceptors (Lipinski definition) is 10. The Morgan fingerprint density at radius 2 is 1.34 bits per heavy atom. The van der Waals surface area contributed by atoms with Crippen molar-refractivity contribution < 1.29 is 54.0 Å². The smallest absolute Gasteiger partial charge is 0.326 e. The summed E-state index contributed by atoms with van der Waals surface area (Å²) in [5, 5.41) is 46.6. The molecule has 14 nitrogen and oxygen atoms in total. The minimum atomic E-state index is -1.36. The van der Waals surface area contributed by atoms with Gasteiger partial charge < -0.3 is 36.0 Å². The molecule has 2 aromatic carbocycles. The first-order chi connectivity index (χ1) is 30.0. The topological polar surface area (TPSA) is 228 Å². The molecule has 6 N–H and O–H groups in total. The third-order valence-corrected chi connectivity index (χ3v) is 12.1. The molecule has 0 unspecified atom stereocenters. The number of aliphatic carboxylic acids is 1. The van der Waals surface area contributed by atoms with Crippen LogP contribution >= 0.6 is 0 Å². The number of hydrogen-bond donors (Lipinski definition) is 6. The zero-order valence-corrected chi connectivity index (χ0v) is 38.0. The van der Waals surface area contributed by atoms with Crippen molar-refractivity contribution in [3.63, 3.8) is 0 Å². The normalized spacial score (nSPS) is 17.8. The van der Waals surface area contributed by atoms with E-state index in [1.807, 2.05) is 0 Å². The van der Waals surface area contributed by atoms with Crippen molar-refractivity contribution in [3.8, 4) is 22.6 Å². The summed E-state index contributed by atoms with van der Waals surface area (Å²) in [7, 11) is 1.37. The molecule has 0 spiro atoms. The second-order valence-corrected chi connectivity index (χ2v) is 17.6. The van der Waals surface area contributed by atoms with Crippen molar-refractivity contribution in [3.05, 3.63) is 47.5 Å². The predicted octanol–water partition coefficient (Wildman–Crippen LogP) is 7.77. The zero-order chi connectivity index (χ0) is 46.6. The van der Waals surface area contributed by atoms with Crippen LogP contribution in [0.15, 0.2) is 36.4 Å². The van der Waals surface area contributed by atoms with E-state index in [-0.39, 0.29) is 60.7 Å². The number of benzene rings is 2. The fourth-order valence-electron chi connectivity index (χ4n) is 8.16. The highest BCUT2D eigenvalue weighted by Gasteiger charge is 2.35. The van der Waals surface area contributed by atoms with Crippen molar-refractivity contribution in [2.24, 2.45) is 17.8 Å². The molecule has 0 aromatic heterocycles. The SMILES string of the molecule is C.CCCCCCCCCCCCCCCC(=O)C[C@H](CO)C(=O)N[C@H](C)C(=O)C[C@@H](C)C(=O)N(C)[C@@H]1C(=O)C[C@@H](C)C(=O)N[C@H](C(=O)O)Cc2ccc(O)c(c2)-c2cc1ccc2O. The van der Waals surface area contributed by atoms with Gasteiger partial charge in [0.1, 0.15) is 29.4 Å². The summed E-state index contributed by atoms with van der Waals surface area (Å²) >= 11 is 0. The summed E-state index contributed by atoms with van der Waals surface area (Å²) in [5.74, 6) is -7.99. The lowest BCUT2D eigenvalue weighted by molar-refractivity contribution is -0.144. The number of aliphatic hydroxyl groups is 1.